The standard InChI is InChI=1S/C15H23ClN2O2/c1-12-11-13(6-7-14(12)16)20-10-4-5-15(19)18-9-3-2-8-17/h6-7,11H,2-5,8-10,17H2,1H3,(H,18,19). The maximum absolute atomic E-state index is 11.5. The molecule has 0 aliphatic carbocycles. The number of ether oxygens (including phenoxy) is 1. The van der Waals surface area contributed by atoms with Crippen LogP contribution < -0.4 is 15.8 Å². The number of amides is 1. The van der Waals surface area contributed by atoms with Crippen molar-refractivity contribution in [1.82, 2.24) is 5.32 Å². The lowest BCUT2D eigenvalue weighted by Gasteiger charge is -2.08. The first-order valence-corrected chi connectivity index (χ1v) is 7.37. The van der Waals surface area contributed by atoms with Crippen molar-refractivity contribution in [1.29, 1.82) is 0 Å². The number of halogens is 1. The molecule has 0 spiro atoms. The van der Waals surface area contributed by atoms with Crippen LogP contribution in [-0.4, -0.2) is 25.6 Å². The van der Waals surface area contributed by atoms with E-state index in [1.807, 2.05) is 25.1 Å². The van der Waals surface area contributed by atoms with E-state index < -0.39 is 0 Å². The van der Waals surface area contributed by atoms with Gasteiger partial charge < -0.3 is 15.8 Å². The van der Waals surface area contributed by atoms with Crippen LogP contribution >= 0.6 is 11.6 Å². The molecule has 0 heterocycles. The van der Waals surface area contributed by atoms with Crippen molar-refractivity contribution < 1.29 is 9.53 Å². The zero-order chi connectivity index (χ0) is 14.8. The minimum absolute atomic E-state index is 0.0675. The van der Waals surface area contributed by atoms with Crippen molar-refractivity contribution in [2.75, 3.05) is 19.7 Å². The number of nitrogens with one attached hydrogen (secondary N) is 1. The van der Waals surface area contributed by atoms with E-state index in [2.05, 4.69) is 5.32 Å². The highest BCUT2D eigenvalue weighted by Crippen LogP contribution is 2.21. The number of carbonyl (C=O) groups excluding carboxylic acids is 1. The van der Waals surface area contributed by atoms with Gasteiger partial charge in [0.05, 0.1) is 6.61 Å². The van der Waals surface area contributed by atoms with Crippen LogP contribution in [0.15, 0.2) is 18.2 Å². The van der Waals surface area contributed by atoms with Crippen LogP contribution in [0.1, 0.15) is 31.2 Å². The van der Waals surface area contributed by atoms with E-state index in [0.717, 1.165) is 29.2 Å². The topological polar surface area (TPSA) is 64.3 Å². The van der Waals surface area contributed by atoms with Gasteiger partial charge in [0.1, 0.15) is 5.75 Å². The molecule has 3 N–H and O–H groups in total. The molecular formula is C15H23ClN2O2. The summed E-state index contributed by atoms with van der Waals surface area (Å²) in [5.74, 6) is 0.855. The summed E-state index contributed by atoms with van der Waals surface area (Å²) in [5.41, 5.74) is 6.37. The first-order valence-electron chi connectivity index (χ1n) is 6.99. The van der Waals surface area contributed by atoms with Crippen LogP contribution in [0, 0.1) is 6.92 Å². The molecule has 1 rings (SSSR count). The maximum Gasteiger partial charge on any atom is 0.220 e. The molecule has 0 atom stereocenters. The van der Waals surface area contributed by atoms with Crippen LogP contribution in [0.5, 0.6) is 5.75 Å². The Hall–Kier alpha value is -1.26. The lowest BCUT2D eigenvalue weighted by Crippen LogP contribution is -2.25. The van der Waals surface area contributed by atoms with Gasteiger partial charge in [-0.3, -0.25) is 4.79 Å². The number of hydrogen-bond donors (Lipinski definition) is 2. The third kappa shape index (κ3) is 6.78. The molecule has 4 nitrogen and oxygen atoms in total. The molecule has 0 aromatic heterocycles. The first kappa shape index (κ1) is 16.8. The van der Waals surface area contributed by atoms with Gasteiger partial charge >= 0.3 is 0 Å². The molecule has 5 heteroatoms. The molecule has 1 aromatic carbocycles. The molecule has 1 amide bonds. The van der Waals surface area contributed by atoms with Crippen LogP contribution in [0.25, 0.3) is 0 Å². The van der Waals surface area contributed by atoms with Gasteiger partial charge in [0.15, 0.2) is 0 Å². The molecule has 1 aromatic rings. The largest absolute Gasteiger partial charge is 0.494 e. The van der Waals surface area contributed by atoms with Gasteiger partial charge in [0, 0.05) is 18.0 Å². The van der Waals surface area contributed by atoms with Gasteiger partial charge in [-0.05, 0) is 56.5 Å². The van der Waals surface area contributed by atoms with Crippen molar-refractivity contribution in [2.24, 2.45) is 5.73 Å². The van der Waals surface area contributed by atoms with Crippen molar-refractivity contribution in [3.63, 3.8) is 0 Å². The third-order valence-electron chi connectivity index (χ3n) is 2.90. The Morgan fingerprint density at radius 3 is 2.85 bits per heavy atom. The maximum atomic E-state index is 11.5. The van der Waals surface area contributed by atoms with Crippen LogP contribution in [-0.2, 0) is 4.79 Å². The summed E-state index contributed by atoms with van der Waals surface area (Å²) in [6, 6.07) is 5.55. The normalized spacial score (nSPS) is 10.3. The number of unbranched alkanes of at least 4 members (excludes halogenated alkanes) is 1. The van der Waals surface area contributed by atoms with Gasteiger partial charge in [-0.15, -0.1) is 0 Å². The number of carbonyl (C=O) groups is 1. The van der Waals surface area contributed by atoms with E-state index >= 15 is 0 Å². The van der Waals surface area contributed by atoms with E-state index in [9.17, 15) is 4.79 Å². The number of aryl methyl sites for hydroxylation is 1. The Kier molecular flexibility index (Phi) is 8.07. The van der Waals surface area contributed by atoms with Crippen molar-refractivity contribution in [3.05, 3.63) is 28.8 Å². The Balaban J connectivity index is 2.12. The molecule has 0 aliphatic heterocycles. The highest BCUT2D eigenvalue weighted by atomic mass is 35.5. The molecule has 0 bridgehead atoms. The van der Waals surface area contributed by atoms with Crippen LogP contribution in [0.4, 0.5) is 0 Å². The second kappa shape index (κ2) is 9.61. The minimum Gasteiger partial charge on any atom is -0.494 e. The van der Waals surface area contributed by atoms with Crippen molar-refractivity contribution >= 4 is 17.5 Å². The average molecular weight is 299 g/mol. The molecule has 0 radical (unpaired) electrons. The van der Waals surface area contributed by atoms with Crippen LogP contribution in [0.3, 0.4) is 0 Å². The zero-order valence-electron chi connectivity index (χ0n) is 12.0. The Morgan fingerprint density at radius 1 is 1.35 bits per heavy atom. The Labute approximate surface area is 125 Å². The van der Waals surface area contributed by atoms with E-state index in [0.29, 0.717) is 32.5 Å². The summed E-state index contributed by atoms with van der Waals surface area (Å²) in [7, 11) is 0. The van der Waals surface area contributed by atoms with Crippen molar-refractivity contribution in [3.8, 4) is 5.75 Å². The molecule has 0 fully saturated rings. The summed E-state index contributed by atoms with van der Waals surface area (Å²) in [5, 5.41) is 3.60. The van der Waals surface area contributed by atoms with Gasteiger partial charge in [-0.2, -0.15) is 0 Å². The summed E-state index contributed by atoms with van der Waals surface area (Å²) in [6.45, 7) is 3.83. The number of nitrogens with two attached hydrogens (primary N) is 1. The van der Waals surface area contributed by atoms with Gasteiger partial charge in [0.25, 0.3) is 0 Å². The number of benzene rings is 1. The average Bonchev–Trinajstić information content (AvgIpc) is 2.43. The smallest absolute Gasteiger partial charge is 0.220 e. The Morgan fingerprint density at radius 2 is 2.15 bits per heavy atom. The first-order chi connectivity index (χ1) is 9.63. The number of rotatable bonds is 9. The monoisotopic (exact) mass is 298 g/mol. The molecule has 0 saturated heterocycles. The molecule has 0 saturated carbocycles. The van der Waals surface area contributed by atoms with E-state index in [-0.39, 0.29) is 5.91 Å². The predicted molar refractivity (Wildman–Crippen MR) is 82.2 cm³/mol. The molecular weight excluding hydrogens is 276 g/mol. The zero-order valence-corrected chi connectivity index (χ0v) is 12.7. The predicted octanol–water partition coefficient (Wildman–Crippen LogP) is 2.66. The fourth-order valence-corrected chi connectivity index (χ4v) is 1.83. The highest BCUT2D eigenvalue weighted by Gasteiger charge is 2.02. The fourth-order valence-electron chi connectivity index (χ4n) is 1.72. The van der Waals surface area contributed by atoms with E-state index in [1.165, 1.54) is 0 Å². The molecule has 0 aliphatic rings. The van der Waals surface area contributed by atoms with E-state index in [1.54, 1.807) is 0 Å². The van der Waals surface area contributed by atoms with Crippen LogP contribution in [0.2, 0.25) is 5.02 Å². The number of hydrogen-bond acceptors (Lipinski definition) is 3. The molecule has 112 valence electrons. The fraction of sp³-hybridized carbons (Fsp3) is 0.533. The summed E-state index contributed by atoms with van der Waals surface area (Å²) in [6.07, 6.45) is 3.06. The third-order valence-corrected chi connectivity index (χ3v) is 3.32. The summed E-state index contributed by atoms with van der Waals surface area (Å²) >= 11 is 5.94. The van der Waals surface area contributed by atoms with Crippen molar-refractivity contribution in [2.45, 2.75) is 32.6 Å². The lowest BCUT2D eigenvalue weighted by molar-refractivity contribution is -0.121. The van der Waals surface area contributed by atoms with Gasteiger partial charge in [-0.1, -0.05) is 11.6 Å². The quantitative estimate of drug-likeness (QED) is 0.689. The summed E-state index contributed by atoms with van der Waals surface area (Å²) in [4.78, 5) is 11.5. The highest BCUT2D eigenvalue weighted by molar-refractivity contribution is 6.31. The SMILES string of the molecule is Cc1cc(OCCCC(=O)NCCCCN)ccc1Cl. The van der Waals surface area contributed by atoms with Gasteiger partial charge in [0.2, 0.25) is 5.91 Å². The molecule has 0 unspecified atom stereocenters. The lowest BCUT2D eigenvalue weighted by atomic mass is 10.2. The Bertz CT molecular complexity index is 424. The second-order valence-electron chi connectivity index (χ2n) is 4.71. The molecule has 20 heavy (non-hydrogen) atoms. The second-order valence-corrected chi connectivity index (χ2v) is 5.12. The summed E-state index contributed by atoms with van der Waals surface area (Å²) < 4.78 is 5.58. The van der Waals surface area contributed by atoms with E-state index in [4.69, 9.17) is 22.1 Å². The minimum atomic E-state index is 0.0675. The van der Waals surface area contributed by atoms with Gasteiger partial charge in [-0.25, -0.2) is 0 Å².